The van der Waals surface area contributed by atoms with E-state index in [1.807, 2.05) is 10.6 Å². The van der Waals surface area contributed by atoms with Crippen LogP contribution in [0.3, 0.4) is 0 Å². The summed E-state index contributed by atoms with van der Waals surface area (Å²) in [6.45, 7) is 0. The number of imidazole rings is 1. The molecule has 7 atom stereocenters. The standard InChI is InChI=1S/C22H23FN2O2/c23-15-3-1-2-14-17-9-24-11-25(17)16(18(14)15)8-22(27)19-13-4-12-5-20(26,7-13)10-21(19,22)6-12/h1-3,9,11-13,16,19,26-27H,4-8,10H2/t12?,13?,16?,19-,20?,21?,22?/m0/s1. The van der Waals surface area contributed by atoms with Crippen molar-refractivity contribution in [2.45, 2.75) is 55.8 Å². The van der Waals surface area contributed by atoms with Crippen LogP contribution in [-0.4, -0.2) is 31.0 Å². The maximum atomic E-state index is 14.8. The van der Waals surface area contributed by atoms with E-state index in [0.29, 0.717) is 23.8 Å². The summed E-state index contributed by atoms with van der Waals surface area (Å²) < 4.78 is 16.8. The van der Waals surface area contributed by atoms with Crippen molar-refractivity contribution in [3.63, 3.8) is 0 Å². The Balaban J connectivity index is 1.33. The lowest BCUT2D eigenvalue weighted by atomic mass is 9.54. The van der Waals surface area contributed by atoms with Gasteiger partial charge in [-0.15, -0.1) is 0 Å². The lowest BCUT2D eigenvalue weighted by Gasteiger charge is -2.53. The molecule has 1 aromatic carbocycles. The van der Waals surface area contributed by atoms with Crippen LogP contribution < -0.4 is 0 Å². The van der Waals surface area contributed by atoms with Crippen molar-refractivity contribution in [3.8, 4) is 11.3 Å². The zero-order chi connectivity index (χ0) is 18.2. The van der Waals surface area contributed by atoms with Crippen LogP contribution in [0.5, 0.6) is 0 Å². The Morgan fingerprint density at radius 2 is 2.11 bits per heavy atom. The lowest BCUT2D eigenvalue weighted by molar-refractivity contribution is -0.132. The van der Waals surface area contributed by atoms with Gasteiger partial charge in [0.25, 0.3) is 0 Å². The average Bonchev–Trinajstić information content (AvgIpc) is 2.94. The molecule has 140 valence electrons. The summed E-state index contributed by atoms with van der Waals surface area (Å²) in [5.41, 5.74) is 0.997. The highest BCUT2D eigenvalue weighted by Crippen LogP contribution is 2.82. The van der Waals surface area contributed by atoms with E-state index in [4.69, 9.17) is 0 Å². The fourth-order valence-corrected chi connectivity index (χ4v) is 8.35. The highest BCUT2D eigenvalue weighted by atomic mass is 19.1. The molecule has 1 spiro atoms. The Labute approximate surface area is 157 Å². The zero-order valence-electron chi connectivity index (χ0n) is 15.1. The first-order valence-corrected chi connectivity index (χ1v) is 10.2. The van der Waals surface area contributed by atoms with Crippen LogP contribution in [0, 0.1) is 29.0 Å². The van der Waals surface area contributed by atoms with Gasteiger partial charge in [-0.1, -0.05) is 12.1 Å². The number of benzene rings is 1. The molecule has 1 aromatic heterocycles. The zero-order valence-corrected chi connectivity index (χ0v) is 15.1. The van der Waals surface area contributed by atoms with Gasteiger partial charge in [-0.3, -0.25) is 0 Å². The molecule has 0 radical (unpaired) electrons. The van der Waals surface area contributed by atoms with Crippen molar-refractivity contribution in [2.24, 2.45) is 23.2 Å². The molecule has 8 rings (SSSR count). The first kappa shape index (κ1) is 15.2. The summed E-state index contributed by atoms with van der Waals surface area (Å²) in [6, 6.07) is 5.00. The Morgan fingerprint density at radius 3 is 2.96 bits per heavy atom. The Bertz CT molecular complexity index is 1000. The fraction of sp³-hybridized carbons (Fsp3) is 0.591. The highest BCUT2D eigenvalue weighted by molar-refractivity contribution is 5.69. The number of nitrogens with zero attached hydrogens (tertiary/aromatic N) is 2. The van der Waals surface area contributed by atoms with Gasteiger partial charge in [0, 0.05) is 23.0 Å². The maximum Gasteiger partial charge on any atom is 0.129 e. The summed E-state index contributed by atoms with van der Waals surface area (Å²) in [4.78, 5) is 4.28. The smallest absolute Gasteiger partial charge is 0.129 e. The van der Waals surface area contributed by atoms with Crippen LogP contribution in [0.2, 0.25) is 0 Å². The topological polar surface area (TPSA) is 58.3 Å². The molecule has 4 bridgehead atoms. The number of halogens is 1. The number of aromatic nitrogens is 2. The van der Waals surface area contributed by atoms with Crippen molar-refractivity contribution >= 4 is 0 Å². The molecular formula is C22H23FN2O2. The summed E-state index contributed by atoms with van der Waals surface area (Å²) in [7, 11) is 0. The van der Waals surface area contributed by atoms with E-state index in [1.54, 1.807) is 18.6 Å². The third kappa shape index (κ3) is 1.58. The molecule has 27 heavy (non-hydrogen) atoms. The van der Waals surface area contributed by atoms with E-state index in [0.717, 1.165) is 43.4 Å². The monoisotopic (exact) mass is 366 g/mol. The Morgan fingerprint density at radius 1 is 1.22 bits per heavy atom. The van der Waals surface area contributed by atoms with Gasteiger partial charge in [-0.2, -0.15) is 0 Å². The quantitative estimate of drug-likeness (QED) is 0.858. The van der Waals surface area contributed by atoms with E-state index in [-0.39, 0.29) is 23.2 Å². The number of rotatable bonds is 2. The van der Waals surface area contributed by atoms with Gasteiger partial charge in [-0.05, 0) is 55.9 Å². The molecule has 0 saturated heterocycles. The minimum Gasteiger partial charge on any atom is -0.390 e. The van der Waals surface area contributed by atoms with Gasteiger partial charge >= 0.3 is 0 Å². The van der Waals surface area contributed by atoms with Crippen molar-refractivity contribution in [1.29, 1.82) is 0 Å². The molecule has 5 fully saturated rings. The van der Waals surface area contributed by atoms with Crippen LogP contribution >= 0.6 is 0 Å². The summed E-state index contributed by atoms with van der Waals surface area (Å²) >= 11 is 0. The lowest BCUT2D eigenvalue weighted by Crippen LogP contribution is -2.51. The molecule has 5 aliphatic carbocycles. The molecule has 0 amide bonds. The minimum absolute atomic E-state index is 0.152. The van der Waals surface area contributed by atoms with Gasteiger partial charge in [0.1, 0.15) is 5.82 Å². The van der Waals surface area contributed by atoms with Crippen LogP contribution in [0.4, 0.5) is 4.39 Å². The van der Waals surface area contributed by atoms with Crippen molar-refractivity contribution in [1.82, 2.24) is 9.55 Å². The van der Waals surface area contributed by atoms with Crippen LogP contribution in [0.1, 0.15) is 50.1 Å². The molecule has 1 aliphatic heterocycles. The molecule has 5 saturated carbocycles. The molecule has 2 aromatic rings. The van der Waals surface area contributed by atoms with Crippen molar-refractivity contribution in [2.75, 3.05) is 0 Å². The van der Waals surface area contributed by atoms with Crippen LogP contribution in [-0.2, 0) is 0 Å². The molecule has 2 N–H and O–H groups in total. The number of hydrogen-bond acceptors (Lipinski definition) is 3. The van der Waals surface area contributed by atoms with E-state index in [9.17, 15) is 14.6 Å². The number of aliphatic hydroxyl groups is 2. The maximum absolute atomic E-state index is 14.8. The Hall–Kier alpha value is -1.72. The summed E-state index contributed by atoms with van der Waals surface area (Å²) in [5.74, 6) is 1.04. The van der Waals surface area contributed by atoms with E-state index >= 15 is 0 Å². The second-order valence-corrected chi connectivity index (χ2v) is 10.0. The molecule has 5 heteroatoms. The second-order valence-electron chi connectivity index (χ2n) is 10.0. The largest absolute Gasteiger partial charge is 0.390 e. The third-order valence-corrected chi connectivity index (χ3v) is 8.77. The number of hydrogen-bond donors (Lipinski definition) is 2. The predicted molar refractivity (Wildman–Crippen MR) is 96.3 cm³/mol. The van der Waals surface area contributed by atoms with Crippen molar-refractivity contribution < 1.29 is 14.6 Å². The van der Waals surface area contributed by atoms with Crippen molar-refractivity contribution in [3.05, 3.63) is 42.1 Å². The summed E-state index contributed by atoms with van der Waals surface area (Å²) in [6.07, 6.45) is 8.71. The Kier molecular flexibility index (Phi) is 2.43. The average molecular weight is 366 g/mol. The first-order valence-electron chi connectivity index (χ1n) is 10.2. The van der Waals surface area contributed by atoms with Crippen LogP contribution in [0.15, 0.2) is 30.7 Å². The molecule has 6 aliphatic rings. The molecule has 6 unspecified atom stereocenters. The van der Waals surface area contributed by atoms with Gasteiger partial charge in [0.05, 0.1) is 35.5 Å². The predicted octanol–water partition coefficient (Wildman–Crippen LogP) is 3.28. The van der Waals surface area contributed by atoms with Gasteiger partial charge in [0.2, 0.25) is 0 Å². The normalized spacial score (nSPS) is 47.7. The first-order chi connectivity index (χ1) is 12.9. The highest BCUT2D eigenvalue weighted by Gasteiger charge is 2.84. The van der Waals surface area contributed by atoms with Gasteiger partial charge < -0.3 is 14.8 Å². The third-order valence-electron chi connectivity index (χ3n) is 8.77. The number of fused-ring (bicyclic) bond motifs is 3. The van der Waals surface area contributed by atoms with Crippen LogP contribution in [0.25, 0.3) is 11.3 Å². The SMILES string of the molecule is OC12CC3CC(C1)[C@@H]1C(O)(CC4c5c(F)cccc5-c5cncn54)C1(C3)C2. The summed E-state index contributed by atoms with van der Waals surface area (Å²) in [5, 5.41) is 22.9. The van der Waals surface area contributed by atoms with E-state index in [1.165, 1.54) is 6.07 Å². The van der Waals surface area contributed by atoms with Gasteiger partial charge in [-0.25, -0.2) is 9.37 Å². The molecule has 4 nitrogen and oxygen atoms in total. The fourth-order valence-electron chi connectivity index (χ4n) is 8.35. The second kappa shape index (κ2) is 4.31. The van der Waals surface area contributed by atoms with E-state index < -0.39 is 11.2 Å². The minimum atomic E-state index is -0.798. The molecular weight excluding hydrogens is 343 g/mol. The van der Waals surface area contributed by atoms with E-state index in [2.05, 4.69) is 4.98 Å². The van der Waals surface area contributed by atoms with Gasteiger partial charge in [0.15, 0.2) is 0 Å². The molecule has 2 heterocycles.